The van der Waals surface area contributed by atoms with Crippen LogP contribution in [0.3, 0.4) is 0 Å². The van der Waals surface area contributed by atoms with Crippen molar-refractivity contribution in [1.29, 1.82) is 0 Å². The van der Waals surface area contributed by atoms with Crippen LogP contribution in [0.25, 0.3) is 17.9 Å². The lowest BCUT2D eigenvalue weighted by Crippen LogP contribution is -2.22. The van der Waals surface area contributed by atoms with Gasteiger partial charge >= 0.3 is 0 Å². The topological polar surface area (TPSA) is 9.23 Å². The molecular weight excluding hydrogens is 220 g/mol. The molecule has 18 heavy (non-hydrogen) atoms. The van der Waals surface area contributed by atoms with Gasteiger partial charge in [0.2, 0.25) is 0 Å². The third kappa shape index (κ3) is 1.84. The van der Waals surface area contributed by atoms with Gasteiger partial charge in [-0.25, -0.2) is 0 Å². The van der Waals surface area contributed by atoms with Crippen molar-refractivity contribution in [1.82, 2.24) is 0 Å². The molecule has 0 fully saturated rings. The van der Waals surface area contributed by atoms with Crippen LogP contribution in [0.1, 0.15) is 5.56 Å². The minimum atomic E-state index is 0.953. The summed E-state index contributed by atoms with van der Waals surface area (Å²) in [6.45, 7) is 0. The second-order valence-corrected chi connectivity index (χ2v) is 4.28. The van der Waals surface area contributed by atoms with Gasteiger partial charge in [0.1, 0.15) is 5.76 Å². The molecule has 0 saturated carbocycles. The van der Waals surface area contributed by atoms with Gasteiger partial charge in [-0.2, -0.15) is 0 Å². The molecule has 0 aromatic heterocycles. The summed E-state index contributed by atoms with van der Waals surface area (Å²) in [5, 5.41) is 2.39. The molecule has 0 N–H and O–H groups in total. The Morgan fingerprint density at radius 2 is 1.61 bits per heavy atom. The highest BCUT2D eigenvalue weighted by Crippen LogP contribution is 2.18. The average molecular weight is 234 g/mol. The smallest absolute Gasteiger partial charge is 0.133 e. The summed E-state index contributed by atoms with van der Waals surface area (Å²) in [5.74, 6) is 0.953. The largest absolute Gasteiger partial charge is 0.495 e. The van der Waals surface area contributed by atoms with Gasteiger partial charge in [0.15, 0.2) is 0 Å². The molecule has 0 aliphatic heterocycles. The third-order valence-corrected chi connectivity index (χ3v) is 3.10. The second kappa shape index (κ2) is 4.53. The molecule has 3 rings (SSSR count). The summed E-state index contributed by atoms with van der Waals surface area (Å²) in [5.41, 5.74) is 2.32. The Labute approximate surface area is 106 Å². The highest BCUT2D eigenvalue weighted by atomic mass is 16.5. The minimum absolute atomic E-state index is 0.953. The zero-order valence-corrected chi connectivity index (χ0v) is 10.3. The fraction of sp³-hybridized carbons (Fsp3) is 0.0588. The van der Waals surface area contributed by atoms with Crippen molar-refractivity contribution < 1.29 is 4.74 Å². The molecule has 0 saturated heterocycles. The Kier molecular flexibility index (Phi) is 2.73. The summed E-state index contributed by atoms with van der Waals surface area (Å²) in [7, 11) is 1.73. The molecule has 0 amide bonds. The zero-order chi connectivity index (χ0) is 12.4. The van der Waals surface area contributed by atoms with Crippen LogP contribution in [0, 0.1) is 0 Å². The highest BCUT2D eigenvalue weighted by molar-refractivity contribution is 5.85. The fourth-order valence-corrected chi connectivity index (χ4v) is 2.28. The van der Waals surface area contributed by atoms with E-state index in [-0.39, 0.29) is 0 Å². The van der Waals surface area contributed by atoms with Gasteiger partial charge in [0.05, 0.1) is 7.11 Å². The molecule has 0 spiro atoms. The van der Waals surface area contributed by atoms with Crippen molar-refractivity contribution >= 4 is 17.9 Å². The van der Waals surface area contributed by atoms with Gasteiger partial charge in [-0.3, -0.25) is 0 Å². The van der Waals surface area contributed by atoms with Crippen molar-refractivity contribution in [3.63, 3.8) is 0 Å². The van der Waals surface area contributed by atoms with Crippen LogP contribution in [0.5, 0.6) is 0 Å². The lowest BCUT2D eigenvalue weighted by Gasteiger charge is -2.03. The highest BCUT2D eigenvalue weighted by Gasteiger charge is 2.10. The molecule has 0 atom stereocenters. The van der Waals surface area contributed by atoms with Crippen LogP contribution >= 0.6 is 0 Å². The van der Waals surface area contributed by atoms with Gasteiger partial charge in [0.25, 0.3) is 0 Å². The number of benzene rings is 2. The van der Waals surface area contributed by atoms with Gasteiger partial charge < -0.3 is 4.74 Å². The normalized spacial score (nSPS) is 15.4. The summed E-state index contributed by atoms with van der Waals surface area (Å²) in [4.78, 5) is 0. The molecule has 2 aromatic rings. The lowest BCUT2D eigenvalue weighted by molar-refractivity contribution is 0.369. The van der Waals surface area contributed by atoms with Crippen molar-refractivity contribution in [2.45, 2.75) is 0 Å². The third-order valence-electron chi connectivity index (χ3n) is 3.10. The summed E-state index contributed by atoms with van der Waals surface area (Å²) in [6.07, 6.45) is 4.32. The Morgan fingerprint density at radius 1 is 0.889 bits per heavy atom. The molecule has 1 heteroatoms. The molecule has 88 valence electrons. The van der Waals surface area contributed by atoms with E-state index in [1.54, 1.807) is 7.11 Å². The van der Waals surface area contributed by atoms with Crippen molar-refractivity contribution in [2.24, 2.45) is 0 Å². The maximum atomic E-state index is 5.54. The standard InChI is InChI=1S/C17H14O/c1-18-17-15(11-13-7-3-2-4-8-13)12-14-9-5-6-10-16(14)17/h2-12H,1H3. The first kappa shape index (κ1) is 10.8. The van der Waals surface area contributed by atoms with E-state index in [9.17, 15) is 0 Å². The van der Waals surface area contributed by atoms with E-state index < -0.39 is 0 Å². The number of ether oxygens (including phenoxy) is 1. The van der Waals surface area contributed by atoms with Gasteiger partial charge in [-0.1, -0.05) is 54.6 Å². The number of methoxy groups -OCH3 is 1. The first-order valence-corrected chi connectivity index (χ1v) is 6.01. The summed E-state index contributed by atoms with van der Waals surface area (Å²) >= 11 is 0. The lowest BCUT2D eigenvalue weighted by atomic mass is 10.1. The second-order valence-electron chi connectivity index (χ2n) is 4.28. The van der Waals surface area contributed by atoms with E-state index in [4.69, 9.17) is 4.74 Å². The monoisotopic (exact) mass is 234 g/mol. The molecule has 1 aliphatic carbocycles. The Balaban J connectivity index is 2.17. The van der Waals surface area contributed by atoms with Gasteiger partial charge in [-0.15, -0.1) is 0 Å². The predicted molar refractivity (Wildman–Crippen MR) is 75.0 cm³/mol. The number of hydrogen-bond acceptors (Lipinski definition) is 1. The van der Waals surface area contributed by atoms with Gasteiger partial charge in [-0.05, 0) is 22.9 Å². The molecular formula is C17H14O. The van der Waals surface area contributed by atoms with E-state index in [0.717, 1.165) is 11.3 Å². The molecule has 0 unspecified atom stereocenters. The van der Waals surface area contributed by atoms with E-state index in [1.807, 2.05) is 30.3 Å². The summed E-state index contributed by atoms with van der Waals surface area (Å²) < 4.78 is 5.54. The van der Waals surface area contributed by atoms with Crippen LogP contribution in [0.2, 0.25) is 0 Å². The number of hydrogen-bond donors (Lipinski definition) is 0. The molecule has 0 heterocycles. The molecule has 1 aliphatic rings. The van der Waals surface area contributed by atoms with Crippen molar-refractivity contribution in [2.75, 3.05) is 7.11 Å². The first-order valence-electron chi connectivity index (χ1n) is 6.01. The molecule has 0 bridgehead atoms. The Hall–Kier alpha value is -2.28. The van der Waals surface area contributed by atoms with Crippen LogP contribution in [-0.2, 0) is 4.74 Å². The van der Waals surface area contributed by atoms with Crippen LogP contribution in [0.4, 0.5) is 0 Å². The van der Waals surface area contributed by atoms with Crippen LogP contribution in [-0.4, -0.2) is 7.11 Å². The SMILES string of the molecule is COC1=c2ccccc2=CC1=Cc1ccccc1. The van der Waals surface area contributed by atoms with Crippen LogP contribution < -0.4 is 10.4 Å². The Morgan fingerprint density at radius 3 is 2.39 bits per heavy atom. The quantitative estimate of drug-likeness (QED) is 0.775. The maximum Gasteiger partial charge on any atom is 0.133 e. The zero-order valence-electron chi connectivity index (χ0n) is 10.3. The van der Waals surface area contributed by atoms with E-state index in [1.165, 1.54) is 16.0 Å². The van der Waals surface area contributed by atoms with E-state index >= 15 is 0 Å². The minimum Gasteiger partial charge on any atom is -0.495 e. The molecule has 1 nitrogen and oxygen atoms in total. The molecule has 2 aromatic carbocycles. The van der Waals surface area contributed by atoms with Gasteiger partial charge in [0, 0.05) is 10.8 Å². The summed E-state index contributed by atoms with van der Waals surface area (Å²) in [6, 6.07) is 18.6. The Bertz CT molecular complexity index is 709. The maximum absolute atomic E-state index is 5.54. The van der Waals surface area contributed by atoms with Crippen LogP contribution in [0.15, 0.2) is 60.2 Å². The predicted octanol–water partition coefficient (Wildman–Crippen LogP) is 2.32. The fourth-order valence-electron chi connectivity index (χ4n) is 2.28. The average Bonchev–Trinajstić information content (AvgIpc) is 2.77. The van der Waals surface area contributed by atoms with Crippen molar-refractivity contribution in [3.8, 4) is 0 Å². The van der Waals surface area contributed by atoms with Crippen molar-refractivity contribution in [3.05, 3.63) is 76.2 Å². The number of fused-ring (bicyclic) bond motifs is 1. The number of rotatable bonds is 2. The first-order chi connectivity index (χ1) is 8.88. The van der Waals surface area contributed by atoms with E-state index in [2.05, 4.69) is 36.4 Å². The molecule has 0 radical (unpaired) electrons. The van der Waals surface area contributed by atoms with E-state index in [0.29, 0.717) is 0 Å².